The number of hydrogen-bond donors (Lipinski definition) is 0. The SMILES string of the molecule is CCS(=O)(=O)N1CC[C@H]2OCCC[C@]2(COC)C1. The zero-order valence-electron chi connectivity index (χ0n) is 11.2. The molecule has 0 spiro atoms. The van der Waals surface area contributed by atoms with Crippen LogP contribution in [-0.2, 0) is 19.5 Å². The van der Waals surface area contributed by atoms with Crippen molar-refractivity contribution >= 4 is 10.0 Å². The van der Waals surface area contributed by atoms with Crippen molar-refractivity contribution < 1.29 is 17.9 Å². The molecule has 2 heterocycles. The van der Waals surface area contributed by atoms with E-state index in [1.54, 1.807) is 18.3 Å². The van der Waals surface area contributed by atoms with Crippen molar-refractivity contribution in [2.24, 2.45) is 5.41 Å². The first kappa shape index (κ1) is 14.2. The van der Waals surface area contributed by atoms with Gasteiger partial charge in [-0.15, -0.1) is 0 Å². The van der Waals surface area contributed by atoms with Crippen LogP contribution in [0.15, 0.2) is 0 Å². The molecular weight excluding hydrogens is 254 g/mol. The van der Waals surface area contributed by atoms with Crippen LogP contribution in [0, 0.1) is 5.41 Å². The maximum Gasteiger partial charge on any atom is 0.213 e. The Morgan fingerprint density at radius 1 is 1.50 bits per heavy atom. The molecule has 2 aliphatic heterocycles. The number of rotatable bonds is 4. The van der Waals surface area contributed by atoms with Crippen LogP contribution in [0.3, 0.4) is 0 Å². The van der Waals surface area contributed by atoms with Crippen molar-refractivity contribution in [1.29, 1.82) is 0 Å². The first-order valence-electron chi connectivity index (χ1n) is 6.62. The lowest BCUT2D eigenvalue weighted by molar-refractivity contribution is -0.137. The monoisotopic (exact) mass is 277 g/mol. The fourth-order valence-corrected chi connectivity index (χ4v) is 4.37. The highest BCUT2D eigenvalue weighted by atomic mass is 32.2. The lowest BCUT2D eigenvalue weighted by Crippen LogP contribution is -2.58. The van der Waals surface area contributed by atoms with Crippen LogP contribution in [-0.4, -0.2) is 58.0 Å². The average Bonchev–Trinajstić information content (AvgIpc) is 2.38. The van der Waals surface area contributed by atoms with E-state index >= 15 is 0 Å². The quantitative estimate of drug-likeness (QED) is 0.764. The van der Waals surface area contributed by atoms with Gasteiger partial charge < -0.3 is 9.47 Å². The first-order chi connectivity index (χ1) is 8.54. The molecule has 2 atom stereocenters. The van der Waals surface area contributed by atoms with Crippen molar-refractivity contribution in [1.82, 2.24) is 4.31 Å². The summed E-state index contributed by atoms with van der Waals surface area (Å²) in [7, 11) is -1.43. The summed E-state index contributed by atoms with van der Waals surface area (Å²) in [6.07, 6.45) is 2.90. The number of hydrogen-bond acceptors (Lipinski definition) is 4. The van der Waals surface area contributed by atoms with Crippen LogP contribution in [0.4, 0.5) is 0 Å². The van der Waals surface area contributed by atoms with Gasteiger partial charge in [0.2, 0.25) is 10.0 Å². The molecule has 2 saturated heterocycles. The second-order valence-electron chi connectivity index (χ2n) is 5.28. The van der Waals surface area contributed by atoms with Gasteiger partial charge in [0.1, 0.15) is 0 Å². The van der Waals surface area contributed by atoms with Gasteiger partial charge in [-0.2, -0.15) is 0 Å². The second kappa shape index (κ2) is 5.45. The molecule has 2 fully saturated rings. The van der Waals surface area contributed by atoms with Gasteiger partial charge in [-0.05, 0) is 26.2 Å². The van der Waals surface area contributed by atoms with Crippen LogP contribution in [0.5, 0.6) is 0 Å². The molecule has 6 heteroatoms. The van der Waals surface area contributed by atoms with Gasteiger partial charge in [-0.1, -0.05) is 0 Å². The van der Waals surface area contributed by atoms with E-state index in [1.165, 1.54) is 0 Å². The molecule has 0 amide bonds. The minimum Gasteiger partial charge on any atom is -0.384 e. The lowest BCUT2D eigenvalue weighted by Gasteiger charge is -2.49. The van der Waals surface area contributed by atoms with Crippen LogP contribution in [0.1, 0.15) is 26.2 Å². The fraction of sp³-hybridized carbons (Fsp3) is 1.00. The van der Waals surface area contributed by atoms with E-state index in [-0.39, 0.29) is 17.3 Å². The van der Waals surface area contributed by atoms with Crippen molar-refractivity contribution in [3.8, 4) is 0 Å². The summed E-state index contributed by atoms with van der Waals surface area (Å²) in [5.74, 6) is 0.168. The highest BCUT2D eigenvalue weighted by Crippen LogP contribution is 2.41. The molecule has 0 bridgehead atoms. The smallest absolute Gasteiger partial charge is 0.213 e. The van der Waals surface area contributed by atoms with Gasteiger partial charge in [-0.3, -0.25) is 0 Å². The Hall–Kier alpha value is -0.170. The van der Waals surface area contributed by atoms with E-state index in [4.69, 9.17) is 9.47 Å². The Bertz CT molecular complexity index is 380. The molecule has 2 rings (SSSR count). The molecule has 0 unspecified atom stereocenters. The molecule has 0 N–H and O–H groups in total. The van der Waals surface area contributed by atoms with E-state index in [2.05, 4.69) is 0 Å². The van der Waals surface area contributed by atoms with E-state index in [0.29, 0.717) is 19.7 Å². The molecule has 0 aromatic rings. The number of fused-ring (bicyclic) bond motifs is 1. The molecule has 5 nitrogen and oxygen atoms in total. The standard InChI is InChI=1S/C12H23NO4S/c1-3-18(14,15)13-7-5-11-12(9-13,10-16-2)6-4-8-17-11/h11H,3-10H2,1-2H3/t11-,12-/m1/s1. The third-order valence-corrected chi connectivity index (χ3v) is 5.97. The van der Waals surface area contributed by atoms with E-state index in [1.807, 2.05) is 0 Å². The Morgan fingerprint density at radius 3 is 2.94 bits per heavy atom. The molecule has 18 heavy (non-hydrogen) atoms. The van der Waals surface area contributed by atoms with E-state index in [9.17, 15) is 8.42 Å². The number of ether oxygens (including phenoxy) is 2. The fourth-order valence-electron chi connectivity index (χ4n) is 3.17. The summed E-state index contributed by atoms with van der Waals surface area (Å²) in [6.45, 7) is 4.18. The Labute approximate surface area is 109 Å². The largest absolute Gasteiger partial charge is 0.384 e. The van der Waals surface area contributed by atoms with Crippen molar-refractivity contribution in [2.75, 3.05) is 39.2 Å². The van der Waals surface area contributed by atoms with Crippen molar-refractivity contribution in [3.63, 3.8) is 0 Å². The minimum atomic E-state index is -3.11. The number of methoxy groups -OCH3 is 1. The van der Waals surface area contributed by atoms with E-state index in [0.717, 1.165) is 25.9 Å². The maximum absolute atomic E-state index is 12.0. The van der Waals surface area contributed by atoms with Gasteiger partial charge in [-0.25, -0.2) is 12.7 Å². The van der Waals surface area contributed by atoms with Gasteiger partial charge in [0.15, 0.2) is 0 Å². The summed E-state index contributed by atoms with van der Waals surface area (Å²) in [5, 5.41) is 0. The lowest BCUT2D eigenvalue weighted by atomic mass is 9.73. The third kappa shape index (κ3) is 2.57. The normalized spacial score (nSPS) is 34.2. The van der Waals surface area contributed by atoms with Gasteiger partial charge in [0.25, 0.3) is 0 Å². The summed E-state index contributed by atoms with van der Waals surface area (Å²) in [6, 6.07) is 0. The number of nitrogens with zero attached hydrogens (tertiary/aromatic N) is 1. The molecule has 2 aliphatic rings. The van der Waals surface area contributed by atoms with Gasteiger partial charge in [0, 0.05) is 32.2 Å². The third-order valence-electron chi connectivity index (χ3n) is 4.14. The van der Waals surface area contributed by atoms with Gasteiger partial charge in [0.05, 0.1) is 18.5 Å². The van der Waals surface area contributed by atoms with Crippen molar-refractivity contribution in [2.45, 2.75) is 32.3 Å². The molecule has 0 aliphatic carbocycles. The minimum absolute atomic E-state index is 0.145. The zero-order chi connectivity index (χ0) is 13.2. The number of piperidine rings is 1. The van der Waals surface area contributed by atoms with Crippen LogP contribution in [0.25, 0.3) is 0 Å². The summed E-state index contributed by atoms with van der Waals surface area (Å²) in [5.41, 5.74) is -0.145. The highest BCUT2D eigenvalue weighted by molar-refractivity contribution is 7.89. The summed E-state index contributed by atoms with van der Waals surface area (Å²) in [4.78, 5) is 0. The molecule has 0 aromatic heterocycles. The number of sulfonamides is 1. The molecule has 106 valence electrons. The maximum atomic E-state index is 12.0. The average molecular weight is 277 g/mol. The molecule has 0 aromatic carbocycles. The topological polar surface area (TPSA) is 55.8 Å². The molecule has 0 saturated carbocycles. The second-order valence-corrected chi connectivity index (χ2v) is 7.54. The highest BCUT2D eigenvalue weighted by Gasteiger charge is 2.48. The first-order valence-corrected chi connectivity index (χ1v) is 8.23. The van der Waals surface area contributed by atoms with Crippen LogP contribution in [0.2, 0.25) is 0 Å². The Kier molecular flexibility index (Phi) is 4.31. The summed E-state index contributed by atoms with van der Waals surface area (Å²) >= 11 is 0. The predicted molar refractivity (Wildman–Crippen MR) is 68.9 cm³/mol. The zero-order valence-corrected chi connectivity index (χ0v) is 12.0. The van der Waals surface area contributed by atoms with E-state index < -0.39 is 10.0 Å². The van der Waals surface area contributed by atoms with Crippen LogP contribution < -0.4 is 0 Å². The Balaban J connectivity index is 2.19. The Morgan fingerprint density at radius 2 is 2.28 bits per heavy atom. The van der Waals surface area contributed by atoms with Crippen LogP contribution >= 0.6 is 0 Å². The molecular formula is C12H23NO4S. The predicted octanol–water partition coefficient (Wildman–Crippen LogP) is 0.854. The summed E-state index contributed by atoms with van der Waals surface area (Å²) < 4.78 is 36.8. The van der Waals surface area contributed by atoms with Gasteiger partial charge >= 0.3 is 0 Å². The molecule has 0 radical (unpaired) electrons. The van der Waals surface area contributed by atoms with Crippen molar-refractivity contribution in [3.05, 3.63) is 0 Å².